The second-order valence-electron chi connectivity index (χ2n) is 8.59. The highest BCUT2D eigenvalue weighted by atomic mass is 32.2. The van der Waals surface area contributed by atoms with E-state index in [1.54, 1.807) is 0 Å². The summed E-state index contributed by atoms with van der Waals surface area (Å²) in [5.74, 6) is 12.5. The zero-order chi connectivity index (χ0) is 26.6. The van der Waals surface area contributed by atoms with Gasteiger partial charge in [-0.15, -0.1) is 0 Å². The molecule has 182 valence electrons. The van der Waals surface area contributed by atoms with Gasteiger partial charge in [-0.25, -0.2) is 0 Å². The van der Waals surface area contributed by atoms with Crippen LogP contribution in [0.5, 0.6) is 0 Å². The van der Waals surface area contributed by atoms with E-state index in [0.29, 0.717) is 11.1 Å². The Hall–Kier alpha value is -4.29. The third kappa shape index (κ3) is 5.82. The Kier molecular flexibility index (Phi) is 7.33. The molecule has 0 bridgehead atoms. The van der Waals surface area contributed by atoms with E-state index < -0.39 is 0 Å². The van der Waals surface area contributed by atoms with Gasteiger partial charge >= 0.3 is 0 Å². The van der Waals surface area contributed by atoms with Gasteiger partial charge in [-0.05, 0) is 83.9 Å². The summed E-state index contributed by atoms with van der Waals surface area (Å²) in [4.78, 5) is 37.5. The number of benzene rings is 4. The maximum Gasteiger partial charge on any atom is 0.194 e. The van der Waals surface area contributed by atoms with Crippen molar-refractivity contribution in [1.82, 2.24) is 0 Å². The molecule has 0 fully saturated rings. The molecule has 5 heteroatoms. The first-order valence-corrected chi connectivity index (χ1v) is 13.4. The van der Waals surface area contributed by atoms with Crippen molar-refractivity contribution in [3.8, 4) is 34.8 Å². The molecule has 0 radical (unpaired) electrons. The van der Waals surface area contributed by atoms with Gasteiger partial charge in [-0.2, -0.15) is 0 Å². The molecule has 4 aromatic rings. The summed E-state index contributed by atoms with van der Waals surface area (Å²) in [5, 5.41) is 0.0886. The van der Waals surface area contributed by atoms with Crippen LogP contribution in [-0.2, 0) is 9.59 Å². The molecule has 0 spiro atoms. The molecule has 0 atom stereocenters. The SMILES string of the molecule is CC(=O)Sc1ccc(C#Cc2ccc3c(c2)C(=O)c2cc(C#Cc4ccc(SC(C)=O)cc4)ccc2-3)cc1. The topological polar surface area (TPSA) is 51.2 Å². The van der Waals surface area contributed by atoms with Crippen LogP contribution in [0.1, 0.15) is 52.0 Å². The van der Waals surface area contributed by atoms with E-state index in [0.717, 1.165) is 43.2 Å². The molecule has 38 heavy (non-hydrogen) atoms. The Morgan fingerprint density at radius 1 is 0.500 bits per heavy atom. The molecule has 0 unspecified atom stereocenters. The van der Waals surface area contributed by atoms with Gasteiger partial charge in [0.25, 0.3) is 0 Å². The molecule has 5 rings (SSSR count). The first-order chi connectivity index (χ1) is 18.4. The lowest BCUT2D eigenvalue weighted by molar-refractivity contribution is -0.109. The molecule has 0 N–H and O–H groups in total. The van der Waals surface area contributed by atoms with E-state index in [-0.39, 0.29) is 16.0 Å². The number of carbonyl (C=O) groups is 3. The lowest BCUT2D eigenvalue weighted by atomic mass is 10.0. The smallest absolute Gasteiger partial charge is 0.194 e. The maximum absolute atomic E-state index is 13.2. The van der Waals surface area contributed by atoms with Gasteiger partial charge in [-0.3, -0.25) is 14.4 Å². The van der Waals surface area contributed by atoms with Crippen molar-refractivity contribution in [2.75, 3.05) is 0 Å². The Labute approximate surface area is 230 Å². The minimum Gasteiger partial charge on any atom is -0.289 e. The quantitative estimate of drug-likeness (QED) is 0.183. The first-order valence-electron chi connectivity index (χ1n) is 11.8. The fourth-order valence-corrected chi connectivity index (χ4v) is 5.28. The van der Waals surface area contributed by atoms with E-state index in [9.17, 15) is 14.4 Å². The van der Waals surface area contributed by atoms with E-state index in [4.69, 9.17) is 0 Å². The summed E-state index contributed by atoms with van der Waals surface area (Å²) in [6, 6.07) is 26.5. The van der Waals surface area contributed by atoms with E-state index in [1.165, 1.54) is 37.4 Å². The molecular weight excluding hydrogens is 508 g/mol. The van der Waals surface area contributed by atoms with Crippen LogP contribution in [-0.4, -0.2) is 16.0 Å². The Balaban J connectivity index is 1.34. The Morgan fingerprint density at radius 2 is 0.842 bits per heavy atom. The summed E-state index contributed by atoms with van der Waals surface area (Å²) in [5.41, 5.74) is 6.29. The zero-order valence-electron chi connectivity index (χ0n) is 20.6. The van der Waals surface area contributed by atoms with E-state index in [1.807, 2.05) is 84.9 Å². The third-order valence-corrected chi connectivity index (χ3v) is 7.34. The Bertz CT molecular complexity index is 1600. The Morgan fingerprint density at radius 3 is 1.21 bits per heavy atom. The van der Waals surface area contributed by atoms with Crippen molar-refractivity contribution in [3.63, 3.8) is 0 Å². The molecular formula is C33H20O3S2. The number of thioether (sulfide) groups is 2. The molecule has 0 amide bonds. The predicted octanol–water partition coefficient (Wildman–Crippen LogP) is 6.97. The monoisotopic (exact) mass is 528 g/mol. The lowest BCUT2D eigenvalue weighted by Crippen LogP contribution is -1.96. The highest BCUT2D eigenvalue weighted by Crippen LogP contribution is 2.37. The third-order valence-electron chi connectivity index (χ3n) is 5.75. The van der Waals surface area contributed by atoms with Gasteiger partial charge < -0.3 is 0 Å². The van der Waals surface area contributed by atoms with Crippen LogP contribution in [0.2, 0.25) is 0 Å². The molecule has 4 aromatic carbocycles. The van der Waals surface area contributed by atoms with Gasteiger partial charge in [0.2, 0.25) is 0 Å². The molecule has 0 aliphatic heterocycles. The highest BCUT2D eigenvalue weighted by molar-refractivity contribution is 8.13. The zero-order valence-corrected chi connectivity index (χ0v) is 22.3. The van der Waals surface area contributed by atoms with E-state index in [2.05, 4.69) is 23.7 Å². The number of fused-ring (bicyclic) bond motifs is 3. The van der Waals surface area contributed by atoms with Crippen LogP contribution in [0.3, 0.4) is 0 Å². The van der Waals surface area contributed by atoms with Crippen LogP contribution in [0.25, 0.3) is 11.1 Å². The standard InChI is InChI=1S/C33H20O3S2/c1-21(34)37-27-13-7-23(8-14-27)3-5-25-11-17-29-30-18-12-26(20-32(30)33(36)31(29)19-25)6-4-24-9-15-28(16-10-24)38-22(2)35/h7-20H,1-2H3. The van der Waals surface area contributed by atoms with Gasteiger partial charge in [0, 0.05) is 57.0 Å². The van der Waals surface area contributed by atoms with Gasteiger partial charge in [0.1, 0.15) is 0 Å². The van der Waals surface area contributed by atoms with E-state index >= 15 is 0 Å². The van der Waals surface area contributed by atoms with Crippen molar-refractivity contribution >= 4 is 39.5 Å². The number of hydrogen-bond acceptors (Lipinski definition) is 5. The van der Waals surface area contributed by atoms with Crippen molar-refractivity contribution in [2.24, 2.45) is 0 Å². The van der Waals surface area contributed by atoms with Crippen molar-refractivity contribution in [1.29, 1.82) is 0 Å². The summed E-state index contributed by atoms with van der Waals surface area (Å²) in [6.45, 7) is 3.08. The maximum atomic E-state index is 13.2. The number of rotatable bonds is 2. The second-order valence-corrected chi connectivity index (χ2v) is 11.1. The largest absolute Gasteiger partial charge is 0.289 e. The van der Waals surface area contributed by atoms with Gasteiger partial charge in [-0.1, -0.05) is 59.3 Å². The first kappa shape index (κ1) is 25.4. The molecule has 0 heterocycles. The molecule has 0 saturated carbocycles. The normalized spacial score (nSPS) is 10.9. The molecule has 3 nitrogen and oxygen atoms in total. The summed E-state index contributed by atoms with van der Waals surface area (Å²) in [7, 11) is 0. The minimum absolute atomic E-state index is 0.0291. The lowest BCUT2D eigenvalue weighted by Gasteiger charge is -2.01. The number of hydrogen-bond donors (Lipinski definition) is 0. The minimum atomic E-state index is -0.0291. The summed E-state index contributed by atoms with van der Waals surface area (Å²) in [6.07, 6.45) is 0. The molecule has 1 aliphatic rings. The molecule has 0 saturated heterocycles. The van der Waals surface area contributed by atoms with Crippen molar-refractivity contribution in [3.05, 3.63) is 118 Å². The fraction of sp³-hybridized carbons (Fsp3) is 0.0606. The predicted molar refractivity (Wildman–Crippen MR) is 153 cm³/mol. The van der Waals surface area contributed by atoms with Crippen LogP contribution in [0.15, 0.2) is 94.7 Å². The molecule has 0 aromatic heterocycles. The average molecular weight is 529 g/mol. The van der Waals surface area contributed by atoms with Crippen molar-refractivity contribution < 1.29 is 14.4 Å². The van der Waals surface area contributed by atoms with Crippen LogP contribution < -0.4 is 0 Å². The van der Waals surface area contributed by atoms with Crippen molar-refractivity contribution in [2.45, 2.75) is 23.6 Å². The van der Waals surface area contributed by atoms with Crippen LogP contribution in [0, 0.1) is 23.7 Å². The summed E-state index contributed by atoms with van der Waals surface area (Å²) < 4.78 is 0. The van der Waals surface area contributed by atoms with Gasteiger partial charge in [0.05, 0.1) is 0 Å². The van der Waals surface area contributed by atoms with Gasteiger partial charge in [0.15, 0.2) is 16.0 Å². The fourth-order valence-electron chi connectivity index (χ4n) is 4.07. The average Bonchev–Trinajstić information content (AvgIpc) is 3.18. The summed E-state index contributed by atoms with van der Waals surface area (Å²) >= 11 is 2.38. The molecule has 1 aliphatic carbocycles. The number of ketones is 1. The number of carbonyl (C=O) groups excluding carboxylic acids is 3. The van der Waals surface area contributed by atoms with Crippen LogP contribution in [0.4, 0.5) is 0 Å². The highest BCUT2D eigenvalue weighted by Gasteiger charge is 2.26. The van der Waals surface area contributed by atoms with Crippen LogP contribution >= 0.6 is 23.5 Å². The second kappa shape index (κ2) is 11.0.